The number of hydrogen-bond donors (Lipinski definition) is 2. The van der Waals surface area contributed by atoms with Gasteiger partial charge in [0.1, 0.15) is 0 Å². The lowest BCUT2D eigenvalue weighted by atomic mass is 9.96. The van der Waals surface area contributed by atoms with E-state index in [-0.39, 0.29) is 11.0 Å². The summed E-state index contributed by atoms with van der Waals surface area (Å²) in [4.78, 5) is 14.3. The molecule has 1 aliphatic heterocycles. The second kappa shape index (κ2) is 7.70. The van der Waals surface area contributed by atoms with Crippen molar-refractivity contribution in [2.45, 2.75) is 40.5 Å². The molecule has 24 heavy (non-hydrogen) atoms. The highest BCUT2D eigenvalue weighted by Crippen LogP contribution is 2.31. The maximum absolute atomic E-state index is 11.9. The minimum absolute atomic E-state index is 0.120. The number of rotatable bonds is 2. The van der Waals surface area contributed by atoms with E-state index < -0.39 is 5.41 Å². The first-order valence-corrected chi connectivity index (χ1v) is 9.12. The first-order chi connectivity index (χ1) is 11.2. The van der Waals surface area contributed by atoms with E-state index in [1.54, 1.807) is 0 Å². The molecule has 0 radical (unpaired) electrons. The molecule has 6 heteroatoms. The van der Waals surface area contributed by atoms with Crippen LogP contribution in [0.4, 0.5) is 11.4 Å². The summed E-state index contributed by atoms with van der Waals surface area (Å²) in [6.45, 7) is 9.89. The maximum atomic E-state index is 11.9. The zero-order chi connectivity index (χ0) is 17.9. The van der Waals surface area contributed by atoms with Crippen LogP contribution in [-0.2, 0) is 4.79 Å². The van der Waals surface area contributed by atoms with Gasteiger partial charge in [-0.05, 0) is 49.2 Å². The Morgan fingerprint density at radius 1 is 1.29 bits per heavy atom. The molecule has 4 nitrogen and oxygen atoms in total. The fourth-order valence-electron chi connectivity index (χ4n) is 2.54. The molecule has 132 valence electrons. The monoisotopic (exact) mass is 367 g/mol. The standard InChI is InChI=1S/C18H26ClN3OS/c1-12-7-9-22(10-8-12)15-6-5-13(11-14(15)19)20-17(24)21-16(23)18(2,3)4/h5-6,11-12H,7-10H2,1-4H3,(H2,20,21,23,24). The minimum atomic E-state index is -0.487. The number of halogens is 1. The van der Waals surface area contributed by atoms with Gasteiger partial charge in [-0.15, -0.1) is 0 Å². The molecule has 1 saturated heterocycles. The maximum Gasteiger partial charge on any atom is 0.231 e. The zero-order valence-electron chi connectivity index (χ0n) is 14.8. The lowest BCUT2D eigenvalue weighted by Crippen LogP contribution is -2.41. The summed E-state index contributed by atoms with van der Waals surface area (Å²) >= 11 is 11.6. The highest BCUT2D eigenvalue weighted by atomic mass is 35.5. The first kappa shape index (κ1) is 19.0. The van der Waals surface area contributed by atoms with E-state index in [1.165, 1.54) is 12.8 Å². The number of piperidine rings is 1. The summed E-state index contributed by atoms with van der Waals surface area (Å²) in [5.74, 6) is 0.662. The fourth-order valence-corrected chi connectivity index (χ4v) is 3.05. The SMILES string of the molecule is CC1CCN(c2ccc(NC(=S)NC(=O)C(C)(C)C)cc2Cl)CC1. The molecule has 0 bridgehead atoms. The Balaban J connectivity index is 1.99. The molecule has 0 aromatic heterocycles. The average Bonchev–Trinajstić information content (AvgIpc) is 2.47. The topological polar surface area (TPSA) is 44.4 Å². The van der Waals surface area contributed by atoms with Crippen molar-refractivity contribution in [3.63, 3.8) is 0 Å². The molecule has 0 spiro atoms. The van der Waals surface area contributed by atoms with Crippen molar-refractivity contribution in [2.75, 3.05) is 23.3 Å². The van der Waals surface area contributed by atoms with Crippen LogP contribution < -0.4 is 15.5 Å². The van der Waals surface area contributed by atoms with Crippen LogP contribution in [-0.4, -0.2) is 24.1 Å². The summed E-state index contributed by atoms with van der Waals surface area (Å²) in [5, 5.41) is 6.69. The normalized spacial score (nSPS) is 16.0. The molecule has 1 amide bonds. The van der Waals surface area contributed by atoms with Crippen LogP contribution in [0.15, 0.2) is 18.2 Å². The average molecular weight is 368 g/mol. The van der Waals surface area contributed by atoms with Crippen molar-refractivity contribution >= 4 is 46.2 Å². The highest BCUT2D eigenvalue weighted by molar-refractivity contribution is 7.80. The second-order valence-corrected chi connectivity index (χ2v) is 8.31. The smallest absolute Gasteiger partial charge is 0.231 e. The van der Waals surface area contributed by atoms with Gasteiger partial charge in [0.25, 0.3) is 0 Å². The third kappa shape index (κ3) is 5.08. The van der Waals surface area contributed by atoms with E-state index >= 15 is 0 Å². The van der Waals surface area contributed by atoms with Crippen LogP contribution >= 0.6 is 23.8 Å². The molecule has 0 unspecified atom stereocenters. The van der Waals surface area contributed by atoms with Gasteiger partial charge in [0.2, 0.25) is 5.91 Å². The Morgan fingerprint density at radius 3 is 2.46 bits per heavy atom. The molecule has 2 N–H and O–H groups in total. The Hall–Kier alpha value is -1.33. The van der Waals surface area contributed by atoms with E-state index in [4.69, 9.17) is 23.8 Å². The molecule has 1 aromatic rings. The van der Waals surface area contributed by atoms with Crippen LogP contribution in [0.1, 0.15) is 40.5 Å². The molecule has 1 aliphatic rings. The van der Waals surface area contributed by atoms with E-state index in [0.29, 0.717) is 5.02 Å². The van der Waals surface area contributed by atoms with Crippen LogP contribution in [0.3, 0.4) is 0 Å². The number of nitrogens with one attached hydrogen (secondary N) is 2. The molecule has 0 saturated carbocycles. The van der Waals surface area contributed by atoms with Crippen molar-refractivity contribution in [1.29, 1.82) is 0 Å². The Bertz CT molecular complexity index is 619. The van der Waals surface area contributed by atoms with Crippen molar-refractivity contribution in [3.8, 4) is 0 Å². The quantitative estimate of drug-likeness (QED) is 0.758. The second-order valence-electron chi connectivity index (χ2n) is 7.49. The van der Waals surface area contributed by atoms with Crippen molar-refractivity contribution in [2.24, 2.45) is 11.3 Å². The molecular formula is C18H26ClN3OS. The Kier molecular flexibility index (Phi) is 6.10. The Morgan fingerprint density at radius 2 is 1.92 bits per heavy atom. The van der Waals surface area contributed by atoms with Gasteiger partial charge < -0.3 is 15.5 Å². The molecule has 0 atom stereocenters. The van der Waals surface area contributed by atoms with Crippen molar-refractivity contribution in [1.82, 2.24) is 5.32 Å². The summed E-state index contributed by atoms with van der Waals surface area (Å²) in [7, 11) is 0. The predicted octanol–water partition coefficient (Wildman–Crippen LogP) is 4.44. The molecular weight excluding hydrogens is 342 g/mol. The van der Waals surface area contributed by atoms with Crippen molar-refractivity contribution < 1.29 is 4.79 Å². The number of anilines is 2. The number of amides is 1. The van der Waals surface area contributed by atoms with E-state index in [0.717, 1.165) is 30.4 Å². The largest absolute Gasteiger partial charge is 0.370 e. The lowest BCUT2D eigenvalue weighted by molar-refractivity contribution is -0.126. The van der Waals surface area contributed by atoms with Crippen LogP contribution in [0, 0.1) is 11.3 Å². The van der Waals surface area contributed by atoms with Gasteiger partial charge >= 0.3 is 0 Å². The number of carbonyl (C=O) groups is 1. The molecule has 1 aromatic carbocycles. The molecule has 2 rings (SSSR count). The van der Waals surface area contributed by atoms with E-state index in [1.807, 2.05) is 39.0 Å². The van der Waals surface area contributed by atoms with E-state index in [9.17, 15) is 4.79 Å². The summed E-state index contributed by atoms with van der Waals surface area (Å²) in [5.41, 5.74) is 1.34. The van der Waals surface area contributed by atoms with Crippen LogP contribution in [0.2, 0.25) is 5.02 Å². The number of nitrogens with zero attached hydrogens (tertiary/aromatic N) is 1. The van der Waals surface area contributed by atoms with Gasteiger partial charge in [-0.3, -0.25) is 4.79 Å². The number of thiocarbonyl (C=S) groups is 1. The minimum Gasteiger partial charge on any atom is -0.370 e. The summed E-state index contributed by atoms with van der Waals surface area (Å²) < 4.78 is 0. The van der Waals surface area contributed by atoms with Gasteiger partial charge in [0, 0.05) is 24.2 Å². The predicted molar refractivity (Wildman–Crippen MR) is 106 cm³/mol. The van der Waals surface area contributed by atoms with Gasteiger partial charge in [-0.1, -0.05) is 39.3 Å². The Labute approximate surface area is 154 Å². The number of hydrogen-bond acceptors (Lipinski definition) is 3. The fraction of sp³-hybridized carbons (Fsp3) is 0.556. The van der Waals surface area contributed by atoms with Crippen molar-refractivity contribution in [3.05, 3.63) is 23.2 Å². The molecule has 1 fully saturated rings. The first-order valence-electron chi connectivity index (χ1n) is 8.34. The van der Waals surface area contributed by atoms with Gasteiger partial charge in [-0.2, -0.15) is 0 Å². The van der Waals surface area contributed by atoms with Crippen LogP contribution in [0.25, 0.3) is 0 Å². The highest BCUT2D eigenvalue weighted by Gasteiger charge is 2.22. The zero-order valence-corrected chi connectivity index (χ0v) is 16.4. The molecule has 1 heterocycles. The summed E-state index contributed by atoms with van der Waals surface area (Å²) in [6.07, 6.45) is 2.39. The lowest BCUT2D eigenvalue weighted by Gasteiger charge is -2.32. The number of carbonyl (C=O) groups excluding carboxylic acids is 1. The molecule has 0 aliphatic carbocycles. The number of benzene rings is 1. The third-order valence-electron chi connectivity index (χ3n) is 4.24. The third-order valence-corrected chi connectivity index (χ3v) is 4.74. The van der Waals surface area contributed by atoms with Gasteiger partial charge in [0.15, 0.2) is 5.11 Å². The summed E-state index contributed by atoms with van der Waals surface area (Å²) in [6, 6.07) is 5.80. The van der Waals surface area contributed by atoms with Crippen LogP contribution in [0.5, 0.6) is 0 Å². The van der Waals surface area contributed by atoms with Gasteiger partial charge in [-0.25, -0.2) is 0 Å². The van der Waals surface area contributed by atoms with E-state index in [2.05, 4.69) is 22.5 Å². The van der Waals surface area contributed by atoms with Gasteiger partial charge in [0.05, 0.1) is 10.7 Å².